The average molecular weight is 365 g/mol. The van der Waals surface area contributed by atoms with Gasteiger partial charge in [0.2, 0.25) is 0 Å². The smallest absolute Gasteiger partial charge is 0.0575 e. The van der Waals surface area contributed by atoms with E-state index in [1.807, 2.05) is 12.1 Å². The summed E-state index contributed by atoms with van der Waals surface area (Å²) in [5.41, 5.74) is 17.8. The Kier molecular flexibility index (Phi) is 3.76. The number of para-hydroxylation sites is 2. The highest BCUT2D eigenvalue weighted by Gasteiger charge is 2.37. The molecule has 138 valence electrons. The van der Waals surface area contributed by atoms with Gasteiger partial charge in [0.15, 0.2) is 0 Å². The van der Waals surface area contributed by atoms with E-state index >= 15 is 0 Å². The fourth-order valence-electron chi connectivity index (χ4n) is 4.25. The van der Waals surface area contributed by atoms with Gasteiger partial charge in [-0.25, -0.2) is 0 Å². The second kappa shape index (κ2) is 6.20. The molecule has 6 aliphatic carbocycles. The molecule has 4 N–H and O–H groups in total. The standard InChI is InChI=1S/C25H23N3/c26-24-14-11-19(12-15-24)22-13-16-25(27,18-24)17-23(22)28(20-7-3-1-4-8-20)21-9-5-2-6-10-21/h1-17H,18,26-27H2. The fourth-order valence-corrected chi connectivity index (χ4v) is 4.25. The van der Waals surface area contributed by atoms with Crippen molar-refractivity contribution < 1.29 is 0 Å². The topological polar surface area (TPSA) is 55.3 Å². The summed E-state index contributed by atoms with van der Waals surface area (Å²) in [7, 11) is 0. The third kappa shape index (κ3) is 2.85. The highest BCUT2D eigenvalue weighted by Crippen LogP contribution is 2.42. The number of benzene rings is 2. The lowest BCUT2D eigenvalue weighted by Crippen LogP contribution is -2.49. The number of anilines is 2. The number of rotatable bonds is 3. The molecule has 3 heteroatoms. The molecule has 4 bridgehead atoms. The van der Waals surface area contributed by atoms with E-state index in [2.05, 4.69) is 96.0 Å². The van der Waals surface area contributed by atoms with Crippen LogP contribution in [0.2, 0.25) is 0 Å². The van der Waals surface area contributed by atoms with Crippen LogP contribution in [-0.4, -0.2) is 11.1 Å². The second-order valence-electron chi connectivity index (χ2n) is 7.81. The molecule has 0 saturated carbocycles. The van der Waals surface area contributed by atoms with Crippen LogP contribution in [0.1, 0.15) is 6.42 Å². The van der Waals surface area contributed by atoms with E-state index in [4.69, 9.17) is 11.5 Å². The van der Waals surface area contributed by atoms with Crippen molar-refractivity contribution in [3.63, 3.8) is 0 Å². The minimum atomic E-state index is -0.621. The van der Waals surface area contributed by atoms with E-state index < -0.39 is 11.1 Å². The van der Waals surface area contributed by atoms with Crippen molar-refractivity contribution in [3.05, 3.63) is 120 Å². The lowest BCUT2D eigenvalue weighted by atomic mass is 9.80. The van der Waals surface area contributed by atoms with E-state index in [0.717, 1.165) is 28.2 Å². The zero-order chi connectivity index (χ0) is 19.2. The molecule has 0 aromatic heterocycles. The monoisotopic (exact) mass is 365 g/mol. The maximum atomic E-state index is 6.83. The molecule has 0 saturated heterocycles. The minimum absolute atomic E-state index is 0.533. The SMILES string of the molecule is NC12C=CC(=C3C=CC(N)(C=C3N(c3ccccc3)c3ccccc3)C1)C=C2. The van der Waals surface area contributed by atoms with Crippen molar-refractivity contribution in [3.8, 4) is 0 Å². The van der Waals surface area contributed by atoms with Gasteiger partial charge in [0, 0.05) is 16.9 Å². The van der Waals surface area contributed by atoms with Crippen LogP contribution in [0.5, 0.6) is 0 Å². The van der Waals surface area contributed by atoms with Crippen molar-refractivity contribution in [2.75, 3.05) is 4.90 Å². The Morgan fingerprint density at radius 1 is 0.679 bits per heavy atom. The normalized spacial score (nSPS) is 27.4. The Balaban J connectivity index is 1.76. The maximum Gasteiger partial charge on any atom is 0.0575 e. The molecular weight excluding hydrogens is 342 g/mol. The number of allylic oxidation sites excluding steroid dienone is 4. The van der Waals surface area contributed by atoms with Crippen LogP contribution in [0.15, 0.2) is 120 Å². The molecule has 28 heavy (non-hydrogen) atoms. The van der Waals surface area contributed by atoms with E-state index in [9.17, 15) is 0 Å². The Morgan fingerprint density at radius 2 is 1.21 bits per heavy atom. The summed E-state index contributed by atoms with van der Waals surface area (Å²) in [5, 5.41) is 0. The number of nitrogens with two attached hydrogens (primary N) is 2. The second-order valence-corrected chi connectivity index (χ2v) is 7.81. The van der Waals surface area contributed by atoms with Gasteiger partial charge in [-0.2, -0.15) is 0 Å². The first-order valence-electron chi connectivity index (χ1n) is 9.59. The summed E-state index contributed by atoms with van der Waals surface area (Å²) in [6, 6.07) is 20.8. The molecule has 0 fully saturated rings. The number of hydrogen-bond donors (Lipinski definition) is 2. The Bertz CT molecular complexity index is 1000. The predicted octanol–water partition coefficient (Wildman–Crippen LogP) is 4.50. The van der Waals surface area contributed by atoms with Gasteiger partial charge in [0.05, 0.1) is 16.8 Å². The van der Waals surface area contributed by atoms with Gasteiger partial charge < -0.3 is 16.4 Å². The molecule has 3 nitrogen and oxygen atoms in total. The predicted molar refractivity (Wildman–Crippen MR) is 116 cm³/mol. The summed E-state index contributed by atoms with van der Waals surface area (Å²) in [6.45, 7) is 0. The van der Waals surface area contributed by atoms with Gasteiger partial charge in [-0.1, -0.05) is 72.9 Å². The lowest BCUT2D eigenvalue weighted by Gasteiger charge is -2.36. The van der Waals surface area contributed by atoms with E-state index in [-0.39, 0.29) is 0 Å². The number of nitrogens with zero attached hydrogens (tertiary/aromatic N) is 1. The molecule has 6 aliphatic rings. The summed E-state index contributed by atoms with van der Waals surface area (Å²) >= 11 is 0. The van der Waals surface area contributed by atoms with E-state index in [0.29, 0.717) is 6.42 Å². The molecule has 0 heterocycles. The summed E-state index contributed by atoms with van der Waals surface area (Å²) in [4.78, 5) is 2.27. The van der Waals surface area contributed by atoms with Crippen LogP contribution in [-0.2, 0) is 0 Å². The molecule has 0 amide bonds. The highest BCUT2D eigenvalue weighted by atomic mass is 15.2. The summed E-state index contributed by atoms with van der Waals surface area (Å²) in [6.07, 6.45) is 15.4. The zero-order valence-electron chi connectivity index (χ0n) is 15.6. The summed E-state index contributed by atoms with van der Waals surface area (Å²) < 4.78 is 0. The Hall–Kier alpha value is -3.14. The molecule has 1 atom stereocenters. The molecule has 2 aromatic carbocycles. The van der Waals surface area contributed by atoms with Gasteiger partial charge in [-0.3, -0.25) is 0 Å². The minimum Gasteiger partial charge on any atom is -0.319 e. The van der Waals surface area contributed by atoms with Crippen molar-refractivity contribution in [1.82, 2.24) is 0 Å². The van der Waals surface area contributed by atoms with Crippen molar-refractivity contribution in [2.45, 2.75) is 17.5 Å². The Morgan fingerprint density at radius 3 is 1.79 bits per heavy atom. The zero-order valence-corrected chi connectivity index (χ0v) is 15.6. The largest absolute Gasteiger partial charge is 0.319 e. The van der Waals surface area contributed by atoms with Crippen LogP contribution in [0.3, 0.4) is 0 Å². The maximum absolute atomic E-state index is 6.83. The lowest BCUT2D eigenvalue weighted by molar-refractivity contribution is 0.477. The number of hydrogen-bond acceptors (Lipinski definition) is 3. The first-order valence-corrected chi connectivity index (χ1v) is 9.59. The first-order chi connectivity index (χ1) is 13.6. The average Bonchev–Trinajstić information content (AvgIpc) is 2.83. The van der Waals surface area contributed by atoms with Crippen molar-refractivity contribution in [1.29, 1.82) is 0 Å². The molecule has 0 aliphatic heterocycles. The van der Waals surface area contributed by atoms with Crippen LogP contribution >= 0.6 is 0 Å². The molecular formula is C25H23N3. The third-order valence-electron chi connectivity index (χ3n) is 5.58. The molecule has 8 rings (SSSR count). The summed E-state index contributed by atoms with van der Waals surface area (Å²) in [5.74, 6) is 0. The third-order valence-corrected chi connectivity index (χ3v) is 5.58. The van der Waals surface area contributed by atoms with Crippen LogP contribution in [0.4, 0.5) is 11.4 Å². The van der Waals surface area contributed by atoms with Crippen molar-refractivity contribution >= 4 is 11.4 Å². The van der Waals surface area contributed by atoms with Crippen molar-refractivity contribution in [2.24, 2.45) is 11.5 Å². The van der Waals surface area contributed by atoms with Crippen LogP contribution < -0.4 is 16.4 Å². The van der Waals surface area contributed by atoms with Crippen LogP contribution in [0.25, 0.3) is 0 Å². The first kappa shape index (κ1) is 17.0. The van der Waals surface area contributed by atoms with Gasteiger partial charge in [0.25, 0.3) is 0 Å². The quantitative estimate of drug-likeness (QED) is 0.842. The van der Waals surface area contributed by atoms with Gasteiger partial charge in [-0.05, 0) is 42.3 Å². The van der Waals surface area contributed by atoms with E-state index in [1.165, 1.54) is 0 Å². The van der Waals surface area contributed by atoms with E-state index in [1.54, 1.807) is 0 Å². The molecule has 0 radical (unpaired) electrons. The van der Waals surface area contributed by atoms with Gasteiger partial charge in [-0.15, -0.1) is 0 Å². The van der Waals surface area contributed by atoms with Gasteiger partial charge in [0.1, 0.15) is 0 Å². The fraction of sp³-hybridized carbons (Fsp3) is 0.120. The van der Waals surface area contributed by atoms with Crippen LogP contribution in [0, 0.1) is 0 Å². The molecule has 2 aromatic rings. The molecule has 0 spiro atoms. The van der Waals surface area contributed by atoms with Gasteiger partial charge >= 0.3 is 0 Å². The molecule has 1 unspecified atom stereocenters. The highest BCUT2D eigenvalue weighted by molar-refractivity contribution is 5.75. The Labute approximate surface area is 165 Å².